The Bertz CT molecular complexity index is 582. The smallest absolute Gasteiger partial charge is 0.214 e. The van der Waals surface area contributed by atoms with Gasteiger partial charge in [0.2, 0.25) is 10.0 Å². The maximum absolute atomic E-state index is 11.8. The Balaban J connectivity index is 2.42. The Kier molecular flexibility index (Phi) is 7.93. The van der Waals surface area contributed by atoms with Gasteiger partial charge in [0.05, 0.1) is 29.9 Å². The van der Waals surface area contributed by atoms with Crippen LogP contribution in [0.25, 0.3) is 0 Å². The molecule has 0 aromatic carbocycles. The first-order valence-electron chi connectivity index (χ1n) is 6.70. The van der Waals surface area contributed by atoms with E-state index in [0.29, 0.717) is 6.42 Å². The van der Waals surface area contributed by atoms with Crippen LogP contribution in [0.1, 0.15) is 30.0 Å². The van der Waals surface area contributed by atoms with Gasteiger partial charge < -0.3 is 9.84 Å². The van der Waals surface area contributed by atoms with Crippen LogP contribution in [0.4, 0.5) is 0 Å². The van der Waals surface area contributed by atoms with Gasteiger partial charge in [-0.3, -0.25) is 0 Å². The summed E-state index contributed by atoms with van der Waals surface area (Å²) in [6, 6.07) is 3.70. The molecule has 1 aromatic rings. The van der Waals surface area contributed by atoms with Crippen molar-refractivity contribution in [2.24, 2.45) is 0 Å². The average molecular weight is 331 g/mol. The minimum absolute atomic E-state index is 0.0255. The van der Waals surface area contributed by atoms with Gasteiger partial charge in [0.1, 0.15) is 0 Å². The Hall–Kier alpha value is -0.910. The summed E-state index contributed by atoms with van der Waals surface area (Å²) in [6.45, 7) is 4.23. The predicted molar refractivity (Wildman–Crippen MR) is 84.6 cm³/mol. The summed E-state index contributed by atoms with van der Waals surface area (Å²) in [5, 5.41) is 8.64. The minimum Gasteiger partial charge on any atom is -0.395 e. The molecule has 0 saturated carbocycles. The molecule has 0 unspecified atom stereocenters. The Morgan fingerprint density at radius 3 is 2.86 bits per heavy atom. The van der Waals surface area contributed by atoms with Gasteiger partial charge >= 0.3 is 0 Å². The normalized spacial score (nSPS) is 11.4. The molecule has 2 N–H and O–H groups in total. The summed E-state index contributed by atoms with van der Waals surface area (Å²) in [6.07, 6.45) is 0.466. The molecule has 0 saturated heterocycles. The molecule has 1 aromatic heterocycles. The number of aliphatic hydroxyl groups is 1. The molecule has 0 aliphatic heterocycles. The summed E-state index contributed by atoms with van der Waals surface area (Å²) in [4.78, 5) is 1.76. The highest BCUT2D eigenvalue weighted by Crippen LogP contribution is 2.15. The SMILES string of the molecule is CC(C)OCCS(=O)(=O)NCc1ccc(C#CCCO)s1. The number of hydrogen-bond acceptors (Lipinski definition) is 5. The third-order valence-corrected chi connectivity index (χ3v) is 4.67. The van der Waals surface area contributed by atoms with Crippen molar-refractivity contribution in [2.75, 3.05) is 19.0 Å². The molecule has 1 rings (SSSR count). The summed E-state index contributed by atoms with van der Waals surface area (Å²) in [5.74, 6) is 5.71. The van der Waals surface area contributed by atoms with Gasteiger partial charge in [-0.25, -0.2) is 13.1 Å². The second-order valence-corrected chi connectivity index (χ2v) is 7.70. The lowest BCUT2D eigenvalue weighted by Gasteiger charge is -2.08. The molecular formula is C14H21NO4S2. The number of rotatable bonds is 8. The molecule has 0 aliphatic rings. The third-order valence-electron chi connectivity index (χ3n) is 2.38. The Morgan fingerprint density at radius 2 is 2.19 bits per heavy atom. The Labute approximate surface area is 130 Å². The van der Waals surface area contributed by atoms with Crippen LogP contribution in [0.2, 0.25) is 0 Å². The molecule has 0 bridgehead atoms. The van der Waals surface area contributed by atoms with Gasteiger partial charge in [-0.2, -0.15) is 0 Å². The van der Waals surface area contributed by atoms with Crippen LogP contribution in [0.3, 0.4) is 0 Å². The largest absolute Gasteiger partial charge is 0.395 e. The summed E-state index contributed by atoms with van der Waals surface area (Å²) in [5.41, 5.74) is 0. The lowest BCUT2D eigenvalue weighted by molar-refractivity contribution is 0.0911. The van der Waals surface area contributed by atoms with E-state index in [9.17, 15) is 8.42 Å². The fourth-order valence-corrected chi connectivity index (χ4v) is 3.14. The number of thiophene rings is 1. The van der Waals surface area contributed by atoms with Gasteiger partial charge in [-0.05, 0) is 26.0 Å². The standard InChI is InChI=1S/C14H21NO4S2/c1-12(2)19-9-10-21(17,18)15-11-14-7-6-13(20-14)5-3-4-8-16/h6-7,12,15-16H,4,8-11H2,1-2H3. The summed E-state index contributed by atoms with van der Waals surface area (Å²) in [7, 11) is -3.32. The monoisotopic (exact) mass is 331 g/mol. The molecule has 0 aliphatic carbocycles. The van der Waals surface area contributed by atoms with Crippen molar-refractivity contribution < 1.29 is 18.3 Å². The van der Waals surface area contributed by atoms with Gasteiger partial charge in [0.25, 0.3) is 0 Å². The Morgan fingerprint density at radius 1 is 1.43 bits per heavy atom. The van der Waals surface area contributed by atoms with E-state index in [1.165, 1.54) is 11.3 Å². The number of sulfonamides is 1. The maximum atomic E-state index is 11.8. The zero-order chi connectivity index (χ0) is 15.7. The highest BCUT2D eigenvalue weighted by molar-refractivity contribution is 7.89. The molecule has 118 valence electrons. The van der Waals surface area contributed by atoms with E-state index in [1.807, 2.05) is 26.0 Å². The fraction of sp³-hybridized carbons (Fsp3) is 0.571. The first-order chi connectivity index (χ1) is 9.93. The summed E-state index contributed by atoms with van der Waals surface area (Å²) < 4.78 is 31.3. The van der Waals surface area contributed by atoms with Crippen LogP contribution in [0.15, 0.2) is 12.1 Å². The van der Waals surface area contributed by atoms with Gasteiger partial charge in [-0.1, -0.05) is 11.8 Å². The number of hydrogen-bond donors (Lipinski definition) is 2. The quantitative estimate of drug-likeness (QED) is 0.705. The zero-order valence-corrected chi connectivity index (χ0v) is 13.9. The van der Waals surface area contributed by atoms with Crippen molar-refractivity contribution in [2.45, 2.75) is 32.9 Å². The van der Waals surface area contributed by atoms with Crippen molar-refractivity contribution in [1.29, 1.82) is 0 Å². The second kappa shape index (κ2) is 9.18. The van der Waals surface area contributed by atoms with Crippen LogP contribution in [-0.2, 0) is 21.3 Å². The van der Waals surface area contributed by atoms with Crippen molar-refractivity contribution in [3.8, 4) is 11.8 Å². The van der Waals surface area contributed by atoms with E-state index in [0.717, 1.165) is 9.75 Å². The zero-order valence-electron chi connectivity index (χ0n) is 12.3. The predicted octanol–water partition coefficient (Wildman–Crippen LogP) is 1.33. The first kappa shape index (κ1) is 18.1. The van der Waals surface area contributed by atoms with Crippen molar-refractivity contribution in [3.05, 3.63) is 21.9 Å². The van der Waals surface area contributed by atoms with Crippen LogP contribution in [0, 0.1) is 11.8 Å². The topological polar surface area (TPSA) is 75.6 Å². The fourth-order valence-electron chi connectivity index (χ4n) is 1.39. The maximum Gasteiger partial charge on any atom is 0.214 e. The molecule has 0 spiro atoms. The van der Waals surface area contributed by atoms with E-state index < -0.39 is 10.0 Å². The lowest BCUT2D eigenvalue weighted by atomic mass is 10.4. The average Bonchev–Trinajstić information content (AvgIpc) is 2.84. The van der Waals surface area contributed by atoms with Crippen LogP contribution < -0.4 is 4.72 Å². The third kappa shape index (κ3) is 8.19. The second-order valence-electron chi connectivity index (χ2n) is 4.60. The minimum atomic E-state index is -3.32. The van der Waals surface area contributed by atoms with Gasteiger partial charge in [0.15, 0.2) is 0 Å². The van der Waals surface area contributed by atoms with Crippen molar-refractivity contribution in [1.82, 2.24) is 4.72 Å². The highest BCUT2D eigenvalue weighted by Gasteiger charge is 2.11. The van der Waals surface area contributed by atoms with E-state index in [-0.39, 0.29) is 31.6 Å². The van der Waals surface area contributed by atoms with Crippen LogP contribution >= 0.6 is 11.3 Å². The number of ether oxygens (including phenoxy) is 1. The summed E-state index contributed by atoms with van der Waals surface area (Å²) >= 11 is 1.44. The van der Waals surface area contributed by atoms with Crippen LogP contribution in [-0.4, -0.2) is 38.6 Å². The van der Waals surface area contributed by atoms with Crippen molar-refractivity contribution in [3.63, 3.8) is 0 Å². The molecule has 0 fully saturated rings. The molecular weight excluding hydrogens is 310 g/mol. The number of aliphatic hydroxyl groups excluding tert-OH is 1. The first-order valence-corrected chi connectivity index (χ1v) is 9.17. The highest BCUT2D eigenvalue weighted by atomic mass is 32.2. The van der Waals surface area contributed by atoms with Gasteiger partial charge in [0, 0.05) is 17.8 Å². The van der Waals surface area contributed by atoms with E-state index in [1.54, 1.807) is 0 Å². The molecule has 0 radical (unpaired) electrons. The van der Waals surface area contributed by atoms with E-state index in [2.05, 4.69) is 16.6 Å². The number of nitrogens with one attached hydrogen (secondary N) is 1. The molecule has 1 heterocycles. The van der Waals surface area contributed by atoms with Crippen molar-refractivity contribution >= 4 is 21.4 Å². The molecule has 0 atom stereocenters. The van der Waals surface area contributed by atoms with Crippen LogP contribution in [0.5, 0.6) is 0 Å². The molecule has 21 heavy (non-hydrogen) atoms. The molecule has 7 heteroatoms. The van der Waals surface area contributed by atoms with E-state index >= 15 is 0 Å². The van der Waals surface area contributed by atoms with Gasteiger partial charge in [-0.15, -0.1) is 11.3 Å². The lowest BCUT2D eigenvalue weighted by Crippen LogP contribution is -2.28. The molecule has 5 nitrogen and oxygen atoms in total. The van der Waals surface area contributed by atoms with E-state index in [4.69, 9.17) is 9.84 Å². The molecule has 0 amide bonds.